The highest BCUT2D eigenvalue weighted by atomic mass is 35.5. The van der Waals surface area contributed by atoms with E-state index >= 15 is 0 Å². The Kier molecular flexibility index (Phi) is 12.6. The maximum Gasteiger partial charge on any atom is 0.412 e. The number of amides is 4. The molecule has 0 aliphatic carbocycles. The predicted molar refractivity (Wildman–Crippen MR) is 211 cm³/mol. The number of nitrogens with zero attached hydrogens (tertiary/aromatic N) is 3. The molecule has 1 saturated heterocycles. The number of carbonyl (C=O) groups is 4. The highest BCUT2D eigenvalue weighted by Gasteiger charge is 2.25. The number of hydrogen-bond donors (Lipinski definition) is 5. The fraction of sp³-hybridized carbons (Fsp3) is 0.410. The van der Waals surface area contributed by atoms with Crippen molar-refractivity contribution in [2.75, 3.05) is 35.2 Å². The lowest BCUT2D eigenvalue weighted by molar-refractivity contribution is 0.0496. The summed E-state index contributed by atoms with van der Waals surface area (Å²) in [6.45, 7) is 12.3. The van der Waals surface area contributed by atoms with Gasteiger partial charge in [-0.25, -0.2) is 14.6 Å². The molecule has 0 saturated carbocycles. The topological polar surface area (TPSA) is 197 Å². The molecule has 0 bridgehead atoms. The van der Waals surface area contributed by atoms with E-state index in [2.05, 4.69) is 36.2 Å². The molecule has 15 nitrogen and oxygen atoms in total. The van der Waals surface area contributed by atoms with Gasteiger partial charge in [-0.1, -0.05) is 23.7 Å². The van der Waals surface area contributed by atoms with Crippen LogP contribution in [0.5, 0.6) is 0 Å². The third-order valence-electron chi connectivity index (χ3n) is 8.30. The third kappa shape index (κ3) is 11.9. The van der Waals surface area contributed by atoms with Crippen LogP contribution in [0.1, 0.15) is 87.1 Å². The molecule has 1 fully saturated rings. The van der Waals surface area contributed by atoms with Crippen LogP contribution >= 0.6 is 11.6 Å². The normalized spacial score (nSPS) is 13.5. The quantitative estimate of drug-likeness (QED) is 0.112. The van der Waals surface area contributed by atoms with E-state index in [0.29, 0.717) is 62.3 Å². The average Bonchev–Trinajstić information content (AvgIpc) is 3.09. The summed E-state index contributed by atoms with van der Waals surface area (Å²) < 4.78 is 10.7. The van der Waals surface area contributed by atoms with Crippen LogP contribution in [0.2, 0.25) is 5.02 Å². The van der Waals surface area contributed by atoms with Gasteiger partial charge in [-0.15, -0.1) is 0 Å². The second kappa shape index (κ2) is 17.2. The van der Waals surface area contributed by atoms with Gasteiger partial charge in [0.25, 0.3) is 17.4 Å². The number of aromatic nitrogens is 3. The Hall–Kier alpha value is -5.70. The second-order valence-electron chi connectivity index (χ2n) is 15.2. The minimum absolute atomic E-state index is 0.0475. The van der Waals surface area contributed by atoms with Crippen LogP contribution in [0, 0.1) is 0 Å². The van der Waals surface area contributed by atoms with Crippen molar-refractivity contribution in [2.45, 2.75) is 84.5 Å². The van der Waals surface area contributed by atoms with Gasteiger partial charge in [0.05, 0.1) is 10.7 Å². The van der Waals surface area contributed by atoms with Crippen molar-refractivity contribution in [1.29, 1.82) is 0 Å². The number of aryl methyl sites for hydroxylation is 1. The zero-order chi connectivity index (χ0) is 39.9. The molecule has 0 radical (unpaired) electrons. The molecule has 3 heterocycles. The Labute approximate surface area is 323 Å². The molecule has 292 valence electrons. The van der Waals surface area contributed by atoms with E-state index in [1.54, 1.807) is 26.8 Å². The molecule has 1 aliphatic rings. The highest BCUT2D eigenvalue weighted by Crippen LogP contribution is 2.25. The van der Waals surface area contributed by atoms with Gasteiger partial charge in [0.15, 0.2) is 0 Å². The van der Waals surface area contributed by atoms with Crippen LogP contribution in [0.4, 0.5) is 26.9 Å². The Bertz CT molecular complexity index is 2120. The van der Waals surface area contributed by atoms with Crippen LogP contribution in [0.25, 0.3) is 11.0 Å². The number of alkyl carbamates (subject to hydrolysis) is 1. The SMILES string of the molecule is CC(C)(C)OC(=O)Nc1cccc(CCCNC(=O)c2ccc(Cl)c(NC(=O)c3cc4cnc(N5CCC(NC(=O)OC(C)(C)C)CC5)nc4[nH]c3=O)c2)c1. The number of fused-ring (bicyclic) bond motifs is 1. The number of benzene rings is 2. The van der Waals surface area contributed by atoms with Crippen molar-refractivity contribution >= 4 is 64.0 Å². The number of halogens is 1. The maximum absolute atomic E-state index is 13.3. The summed E-state index contributed by atoms with van der Waals surface area (Å²) in [5, 5.41) is 11.8. The van der Waals surface area contributed by atoms with Gasteiger partial charge < -0.3 is 35.3 Å². The number of nitrogens with one attached hydrogen (secondary N) is 5. The first-order valence-corrected chi connectivity index (χ1v) is 18.4. The van der Waals surface area contributed by atoms with Gasteiger partial charge >= 0.3 is 12.2 Å². The van der Waals surface area contributed by atoms with Crippen LogP contribution in [0.3, 0.4) is 0 Å². The highest BCUT2D eigenvalue weighted by molar-refractivity contribution is 6.34. The predicted octanol–water partition coefficient (Wildman–Crippen LogP) is 6.43. The minimum atomic E-state index is -0.727. The molecular formula is C39H47ClN8O7. The molecule has 4 aromatic rings. The van der Waals surface area contributed by atoms with Gasteiger partial charge in [-0.2, -0.15) is 4.98 Å². The van der Waals surface area contributed by atoms with E-state index in [4.69, 9.17) is 21.1 Å². The Balaban J connectivity index is 1.14. The summed E-state index contributed by atoms with van der Waals surface area (Å²) in [5.41, 5.74) is 0.233. The molecule has 5 rings (SSSR count). The number of ether oxygens (including phenoxy) is 2. The van der Waals surface area contributed by atoms with E-state index in [9.17, 15) is 24.0 Å². The summed E-state index contributed by atoms with van der Waals surface area (Å²) in [7, 11) is 0. The van der Waals surface area contributed by atoms with E-state index in [1.807, 2.05) is 43.9 Å². The summed E-state index contributed by atoms with van der Waals surface area (Å²) in [6, 6.07) is 13.2. The van der Waals surface area contributed by atoms with Gasteiger partial charge in [-0.3, -0.25) is 19.7 Å². The molecule has 5 N–H and O–H groups in total. The first kappa shape index (κ1) is 40.5. The lowest BCUT2D eigenvalue weighted by Crippen LogP contribution is -2.46. The number of rotatable bonds is 10. The fourth-order valence-electron chi connectivity index (χ4n) is 5.78. The van der Waals surface area contributed by atoms with Crippen LogP contribution in [-0.2, 0) is 15.9 Å². The summed E-state index contributed by atoms with van der Waals surface area (Å²) in [6.07, 6.45) is 3.13. The summed E-state index contributed by atoms with van der Waals surface area (Å²) >= 11 is 6.37. The number of anilines is 3. The van der Waals surface area contributed by atoms with E-state index in [0.717, 1.165) is 5.56 Å². The Morgan fingerprint density at radius 2 is 1.62 bits per heavy atom. The summed E-state index contributed by atoms with van der Waals surface area (Å²) in [4.78, 5) is 77.2. The van der Waals surface area contributed by atoms with Crippen molar-refractivity contribution < 1.29 is 28.7 Å². The lowest BCUT2D eigenvalue weighted by Gasteiger charge is -2.32. The number of piperidine rings is 1. The zero-order valence-corrected chi connectivity index (χ0v) is 32.6. The second-order valence-corrected chi connectivity index (χ2v) is 15.6. The van der Waals surface area contributed by atoms with Crippen LogP contribution in [-0.4, -0.2) is 75.8 Å². The number of carbonyl (C=O) groups excluding carboxylic acids is 4. The van der Waals surface area contributed by atoms with E-state index < -0.39 is 34.9 Å². The average molecular weight is 775 g/mol. The molecule has 2 aromatic carbocycles. The van der Waals surface area contributed by atoms with Crippen molar-refractivity contribution in [3.8, 4) is 0 Å². The minimum Gasteiger partial charge on any atom is -0.444 e. The first-order chi connectivity index (χ1) is 25.9. The lowest BCUT2D eigenvalue weighted by atomic mass is 10.1. The molecule has 2 aromatic heterocycles. The molecule has 0 atom stereocenters. The number of pyridine rings is 1. The maximum atomic E-state index is 13.3. The molecule has 4 amide bonds. The van der Waals surface area contributed by atoms with Crippen molar-refractivity contribution in [3.63, 3.8) is 0 Å². The first-order valence-electron chi connectivity index (χ1n) is 18.0. The molecule has 1 aliphatic heterocycles. The summed E-state index contributed by atoms with van der Waals surface area (Å²) in [5.74, 6) is -0.679. The largest absolute Gasteiger partial charge is 0.444 e. The molecular weight excluding hydrogens is 728 g/mol. The monoisotopic (exact) mass is 774 g/mol. The van der Waals surface area contributed by atoms with Gasteiger partial charge in [0.1, 0.15) is 22.4 Å². The third-order valence-corrected chi connectivity index (χ3v) is 8.63. The van der Waals surface area contributed by atoms with Crippen LogP contribution in [0.15, 0.2) is 59.5 Å². The molecule has 0 unspecified atom stereocenters. The number of hydrogen-bond acceptors (Lipinski definition) is 10. The van der Waals surface area contributed by atoms with Crippen molar-refractivity contribution in [3.05, 3.63) is 86.8 Å². The Morgan fingerprint density at radius 3 is 2.33 bits per heavy atom. The molecule has 0 spiro atoms. The van der Waals surface area contributed by atoms with Crippen molar-refractivity contribution in [2.24, 2.45) is 0 Å². The standard InChI is InChI=1S/C39H47ClN8O7/c1-38(2,3)54-36(52)43-26-14-17-48(18-15-26)35-42-22-25-20-28(34(51)46-31(25)47-35)33(50)45-30-21-24(12-13-29(30)40)32(49)41-16-8-10-23-9-7-11-27(19-23)44-37(53)55-39(4,5)6/h7,9,11-13,19-22,26H,8,10,14-18H2,1-6H3,(H,41,49)(H,43,52)(H,44,53)(H,45,50)(H,42,46,47,51). The number of aromatic amines is 1. The number of H-pyrrole nitrogens is 1. The van der Waals surface area contributed by atoms with Crippen molar-refractivity contribution in [1.82, 2.24) is 25.6 Å². The fourth-order valence-corrected chi connectivity index (χ4v) is 5.94. The van der Waals surface area contributed by atoms with Crippen LogP contribution < -0.4 is 31.7 Å². The smallest absolute Gasteiger partial charge is 0.412 e. The van der Waals surface area contributed by atoms with Gasteiger partial charge in [-0.05, 0) is 109 Å². The molecule has 16 heteroatoms. The van der Waals surface area contributed by atoms with Gasteiger partial charge in [0, 0.05) is 48.5 Å². The Morgan fingerprint density at radius 1 is 0.909 bits per heavy atom. The zero-order valence-electron chi connectivity index (χ0n) is 31.8. The molecule has 55 heavy (non-hydrogen) atoms. The van der Waals surface area contributed by atoms with E-state index in [1.165, 1.54) is 30.5 Å². The van der Waals surface area contributed by atoms with E-state index in [-0.39, 0.29) is 39.4 Å². The van der Waals surface area contributed by atoms with Gasteiger partial charge in [0.2, 0.25) is 5.95 Å².